The zero-order valence-corrected chi connectivity index (χ0v) is 14.3. The summed E-state index contributed by atoms with van der Waals surface area (Å²) in [5, 5.41) is 4.28. The lowest BCUT2D eigenvalue weighted by Gasteiger charge is -2.35. The van der Waals surface area contributed by atoms with Gasteiger partial charge in [-0.2, -0.15) is 0 Å². The molecule has 0 aromatic carbocycles. The van der Waals surface area contributed by atoms with Gasteiger partial charge in [0.15, 0.2) is 12.2 Å². The fourth-order valence-electron chi connectivity index (χ4n) is 3.69. The molecule has 0 saturated carbocycles. The molecule has 2 saturated heterocycles. The lowest BCUT2D eigenvalue weighted by molar-refractivity contribution is -0.0675. The van der Waals surface area contributed by atoms with Crippen molar-refractivity contribution in [1.29, 1.82) is 0 Å². The molecule has 2 fully saturated rings. The van der Waals surface area contributed by atoms with Crippen LogP contribution in [0.4, 0.5) is 0 Å². The minimum absolute atomic E-state index is 0.0493. The summed E-state index contributed by atoms with van der Waals surface area (Å²) in [6.07, 6.45) is 5.30. The van der Waals surface area contributed by atoms with Crippen LogP contribution in [-0.2, 0) is 9.57 Å². The van der Waals surface area contributed by atoms with E-state index < -0.39 is 0 Å². The zero-order chi connectivity index (χ0) is 15.5. The Morgan fingerprint density at radius 2 is 1.95 bits per heavy atom. The van der Waals surface area contributed by atoms with Crippen molar-refractivity contribution in [3.8, 4) is 0 Å². The first-order valence-electron chi connectivity index (χ1n) is 9.00. The number of rotatable bonds is 4. The smallest absolute Gasteiger partial charge is 0.230 e. The highest BCUT2D eigenvalue weighted by molar-refractivity contribution is 5.79. The van der Waals surface area contributed by atoms with Gasteiger partial charge in [0.05, 0.1) is 5.92 Å². The van der Waals surface area contributed by atoms with Gasteiger partial charge in [0, 0.05) is 19.1 Å². The van der Waals surface area contributed by atoms with Gasteiger partial charge in [-0.15, -0.1) is 0 Å². The normalized spacial score (nSPS) is 34.4. The van der Waals surface area contributed by atoms with Gasteiger partial charge in [-0.3, -0.25) is 4.90 Å². The summed E-state index contributed by atoms with van der Waals surface area (Å²) in [4.78, 5) is 10.7. The van der Waals surface area contributed by atoms with Crippen LogP contribution in [0, 0.1) is 5.92 Å². The number of hydrogen-bond donors (Lipinski definition) is 0. The average Bonchev–Trinajstić information content (AvgIpc) is 3.01. The molecule has 22 heavy (non-hydrogen) atoms. The van der Waals surface area contributed by atoms with Gasteiger partial charge in [0.2, 0.25) is 5.90 Å². The third kappa shape index (κ3) is 3.74. The minimum Gasteiger partial charge on any atom is -0.470 e. The Bertz CT molecular complexity index is 393. The van der Waals surface area contributed by atoms with Crippen LogP contribution in [0.2, 0.25) is 0 Å². The first-order valence-corrected chi connectivity index (χ1v) is 9.00. The highest BCUT2D eigenvalue weighted by Crippen LogP contribution is 2.25. The third-order valence-electron chi connectivity index (χ3n) is 5.29. The van der Waals surface area contributed by atoms with Crippen LogP contribution in [0.15, 0.2) is 5.16 Å². The van der Waals surface area contributed by atoms with Gasteiger partial charge in [-0.25, -0.2) is 0 Å². The summed E-state index contributed by atoms with van der Waals surface area (Å²) >= 11 is 0. The van der Waals surface area contributed by atoms with Crippen LogP contribution in [0.5, 0.6) is 0 Å². The molecule has 3 aliphatic rings. The van der Waals surface area contributed by atoms with Crippen molar-refractivity contribution in [2.45, 2.75) is 64.7 Å². The van der Waals surface area contributed by atoms with Gasteiger partial charge in [0.1, 0.15) is 0 Å². The van der Waals surface area contributed by atoms with E-state index in [-0.39, 0.29) is 12.2 Å². The molecule has 0 aromatic rings. The highest BCUT2D eigenvalue weighted by Gasteiger charge is 2.36. The minimum atomic E-state index is 0.0493. The molecule has 0 bridgehead atoms. The second-order valence-corrected chi connectivity index (χ2v) is 7.33. The Hall–Kier alpha value is -0.810. The lowest BCUT2D eigenvalue weighted by atomic mass is 10.1. The summed E-state index contributed by atoms with van der Waals surface area (Å²) in [7, 11) is 0. The molecule has 0 aromatic heterocycles. The standard InChI is InChI=1S/C17H31N3O2/c1-13(2)20-10-7-15(11-20)17-18-22-14(3)16(21-17)12-19-8-5-4-6-9-19/h13-16H,4-12H2,1-3H3. The second-order valence-electron chi connectivity index (χ2n) is 7.33. The van der Waals surface area contributed by atoms with Gasteiger partial charge in [-0.1, -0.05) is 11.6 Å². The molecule has 3 heterocycles. The average molecular weight is 309 g/mol. The van der Waals surface area contributed by atoms with E-state index in [0.717, 1.165) is 32.0 Å². The van der Waals surface area contributed by atoms with Crippen LogP contribution in [-0.4, -0.2) is 66.7 Å². The number of nitrogens with zero attached hydrogens (tertiary/aromatic N) is 3. The molecule has 126 valence electrons. The molecule has 3 rings (SSSR count). The predicted molar refractivity (Wildman–Crippen MR) is 88.0 cm³/mol. The fourth-order valence-corrected chi connectivity index (χ4v) is 3.69. The summed E-state index contributed by atoms with van der Waals surface area (Å²) in [6.45, 7) is 12.1. The Labute approximate surface area is 134 Å². The van der Waals surface area contributed by atoms with E-state index in [0.29, 0.717) is 12.0 Å². The molecule has 0 amide bonds. The maximum Gasteiger partial charge on any atom is 0.230 e. The molecule has 3 aliphatic heterocycles. The molecular formula is C17H31N3O2. The summed E-state index contributed by atoms with van der Waals surface area (Å²) < 4.78 is 6.27. The number of oxime groups is 1. The number of likely N-dealkylation sites (tertiary alicyclic amines) is 2. The molecule has 5 heteroatoms. The fraction of sp³-hybridized carbons (Fsp3) is 0.941. The molecule has 0 aliphatic carbocycles. The van der Waals surface area contributed by atoms with Crippen molar-refractivity contribution in [2.24, 2.45) is 11.1 Å². The molecular weight excluding hydrogens is 278 g/mol. The van der Waals surface area contributed by atoms with E-state index in [1.807, 2.05) is 0 Å². The molecule has 0 radical (unpaired) electrons. The zero-order valence-electron chi connectivity index (χ0n) is 14.3. The molecule has 0 spiro atoms. The summed E-state index contributed by atoms with van der Waals surface area (Å²) in [5.41, 5.74) is 0. The largest absolute Gasteiger partial charge is 0.470 e. The van der Waals surface area contributed by atoms with E-state index in [1.54, 1.807) is 0 Å². The van der Waals surface area contributed by atoms with Gasteiger partial charge in [0.25, 0.3) is 0 Å². The first-order chi connectivity index (χ1) is 10.6. The van der Waals surface area contributed by atoms with Gasteiger partial charge < -0.3 is 14.5 Å². The maximum atomic E-state index is 6.27. The number of hydrogen-bond acceptors (Lipinski definition) is 5. The monoisotopic (exact) mass is 309 g/mol. The summed E-state index contributed by atoms with van der Waals surface area (Å²) in [5.74, 6) is 1.24. The van der Waals surface area contributed by atoms with Crippen LogP contribution in [0.3, 0.4) is 0 Å². The van der Waals surface area contributed by atoms with Crippen molar-refractivity contribution in [1.82, 2.24) is 9.80 Å². The van der Waals surface area contributed by atoms with E-state index >= 15 is 0 Å². The Balaban J connectivity index is 1.55. The van der Waals surface area contributed by atoms with Crippen LogP contribution in [0.1, 0.15) is 46.5 Å². The van der Waals surface area contributed by atoms with Crippen LogP contribution in [0.25, 0.3) is 0 Å². The second kappa shape index (κ2) is 7.18. The molecule has 3 atom stereocenters. The number of ether oxygens (including phenoxy) is 1. The van der Waals surface area contributed by atoms with E-state index in [4.69, 9.17) is 9.57 Å². The quantitative estimate of drug-likeness (QED) is 0.799. The lowest BCUT2D eigenvalue weighted by Crippen LogP contribution is -2.46. The van der Waals surface area contributed by atoms with Crippen LogP contribution >= 0.6 is 0 Å². The Morgan fingerprint density at radius 1 is 1.18 bits per heavy atom. The van der Waals surface area contributed by atoms with Crippen molar-refractivity contribution in [3.05, 3.63) is 0 Å². The van der Waals surface area contributed by atoms with E-state index in [1.165, 1.54) is 32.4 Å². The maximum absolute atomic E-state index is 6.27. The topological polar surface area (TPSA) is 37.3 Å². The van der Waals surface area contributed by atoms with Crippen LogP contribution < -0.4 is 0 Å². The van der Waals surface area contributed by atoms with Crippen molar-refractivity contribution in [2.75, 3.05) is 32.7 Å². The SMILES string of the molecule is CC1ON=C(C2CCN(C(C)C)C2)OC1CN1CCCCC1. The Morgan fingerprint density at radius 3 is 2.64 bits per heavy atom. The van der Waals surface area contributed by atoms with Gasteiger partial charge in [-0.05, 0) is 59.7 Å². The van der Waals surface area contributed by atoms with E-state index in [9.17, 15) is 0 Å². The molecule has 0 N–H and O–H groups in total. The third-order valence-corrected chi connectivity index (χ3v) is 5.29. The van der Waals surface area contributed by atoms with E-state index in [2.05, 4.69) is 35.7 Å². The molecule has 5 nitrogen and oxygen atoms in total. The molecule has 3 unspecified atom stereocenters. The van der Waals surface area contributed by atoms with Crippen molar-refractivity contribution in [3.63, 3.8) is 0 Å². The van der Waals surface area contributed by atoms with Crippen molar-refractivity contribution < 1.29 is 9.57 Å². The summed E-state index contributed by atoms with van der Waals surface area (Å²) in [6, 6.07) is 0.596. The highest BCUT2D eigenvalue weighted by atomic mass is 16.7. The predicted octanol–water partition coefficient (Wildman–Crippen LogP) is 2.32. The first kappa shape index (κ1) is 16.1. The van der Waals surface area contributed by atoms with Gasteiger partial charge >= 0.3 is 0 Å². The number of piperidine rings is 1. The van der Waals surface area contributed by atoms with Crippen molar-refractivity contribution >= 4 is 5.90 Å². The Kier molecular flexibility index (Phi) is 5.24.